The van der Waals surface area contributed by atoms with Gasteiger partial charge >= 0.3 is 0 Å². The van der Waals surface area contributed by atoms with Crippen molar-refractivity contribution in [3.05, 3.63) is 40.6 Å². The third kappa shape index (κ3) is 1.15. The Labute approximate surface area is 79.9 Å². The Balaban J connectivity index is 2.91. The summed E-state index contributed by atoms with van der Waals surface area (Å²) in [5, 5.41) is 3.12. The largest absolute Gasteiger partial charge is 0.264 e. The van der Waals surface area contributed by atoms with Crippen LogP contribution < -0.4 is 0 Å². The molecule has 0 aliphatic rings. The molecule has 0 aliphatic heterocycles. The molecule has 1 heterocycles. The van der Waals surface area contributed by atoms with Gasteiger partial charge in [-0.3, -0.25) is 4.98 Å². The summed E-state index contributed by atoms with van der Waals surface area (Å²) in [6.07, 6.45) is 3.46. The molecule has 0 N–H and O–H groups in total. The normalized spacial score (nSPS) is 10.5. The van der Waals surface area contributed by atoms with Gasteiger partial charge in [0.15, 0.2) is 0 Å². The fourth-order valence-corrected chi connectivity index (χ4v) is 1.50. The molecule has 0 aliphatic carbocycles. The molecule has 1 aromatic carbocycles. The van der Waals surface area contributed by atoms with Crippen LogP contribution in [0.15, 0.2) is 30.6 Å². The lowest BCUT2D eigenvalue weighted by molar-refractivity contribution is 1.36. The van der Waals surface area contributed by atoms with Crippen LogP contribution in [0.3, 0.4) is 0 Å². The quantitative estimate of drug-likeness (QED) is 0.630. The monoisotopic (exact) mass is 197 g/mol. The Morgan fingerprint density at radius 3 is 2.75 bits per heavy atom. The van der Waals surface area contributed by atoms with E-state index in [1.165, 1.54) is 0 Å². The van der Waals surface area contributed by atoms with Gasteiger partial charge in [0, 0.05) is 23.2 Å². The zero-order valence-corrected chi connectivity index (χ0v) is 7.60. The van der Waals surface area contributed by atoms with E-state index in [4.69, 9.17) is 23.2 Å². The molecule has 2 aromatic rings. The SMILES string of the molecule is Clc1ccc2cnccc2c1Cl. The molecule has 12 heavy (non-hydrogen) atoms. The molecule has 0 amide bonds. The molecule has 0 bridgehead atoms. The van der Waals surface area contributed by atoms with Gasteiger partial charge in [-0.25, -0.2) is 0 Å². The highest BCUT2D eigenvalue weighted by molar-refractivity contribution is 6.45. The van der Waals surface area contributed by atoms with Crippen molar-refractivity contribution in [3.63, 3.8) is 0 Å². The second-order valence-corrected chi connectivity index (χ2v) is 3.24. The van der Waals surface area contributed by atoms with Crippen molar-refractivity contribution in [2.24, 2.45) is 0 Å². The molecular formula is C9H5Cl2N. The van der Waals surface area contributed by atoms with Crippen LogP contribution in [0.2, 0.25) is 10.0 Å². The third-order valence-corrected chi connectivity index (χ3v) is 2.53. The van der Waals surface area contributed by atoms with Crippen LogP contribution in [-0.4, -0.2) is 4.98 Å². The zero-order valence-electron chi connectivity index (χ0n) is 6.09. The van der Waals surface area contributed by atoms with Gasteiger partial charge in [0.25, 0.3) is 0 Å². The summed E-state index contributed by atoms with van der Waals surface area (Å²) in [6.45, 7) is 0. The van der Waals surface area contributed by atoms with Crippen LogP contribution in [0.4, 0.5) is 0 Å². The van der Waals surface area contributed by atoms with Gasteiger partial charge in [-0.2, -0.15) is 0 Å². The maximum absolute atomic E-state index is 5.97. The minimum Gasteiger partial charge on any atom is -0.264 e. The molecule has 1 nitrogen and oxygen atoms in total. The first-order valence-electron chi connectivity index (χ1n) is 3.47. The summed E-state index contributed by atoms with van der Waals surface area (Å²) in [5.74, 6) is 0. The topological polar surface area (TPSA) is 12.9 Å². The van der Waals surface area contributed by atoms with E-state index in [1.54, 1.807) is 18.5 Å². The molecule has 0 radical (unpaired) electrons. The molecule has 0 atom stereocenters. The molecule has 0 spiro atoms. The van der Waals surface area contributed by atoms with Gasteiger partial charge in [0.05, 0.1) is 10.0 Å². The minimum atomic E-state index is 0.579. The number of halogens is 2. The van der Waals surface area contributed by atoms with Gasteiger partial charge in [0.2, 0.25) is 0 Å². The fourth-order valence-electron chi connectivity index (χ4n) is 1.10. The average Bonchev–Trinajstić information content (AvgIpc) is 2.12. The molecule has 0 saturated heterocycles. The van der Waals surface area contributed by atoms with E-state index in [0.717, 1.165) is 10.8 Å². The van der Waals surface area contributed by atoms with Crippen LogP contribution in [0, 0.1) is 0 Å². The Bertz CT molecular complexity index is 426. The van der Waals surface area contributed by atoms with Crippen molar-refractivity contribution in [3.8, 4) is 0 Å². The lowest BCUT2D eigenvalue weighted by Crippen LogP contribution is -1.76. The molecule has 0 fully saturated rings. The predicted molar refractivity (Wildman–Crippen MR) is 51.8 cm³/mol. The summed E-state index contributed by atoms with van der Waals surface area (Å²) >= 11 is 11.8. The standard InChI is InChI=1S/C9H5Cl2N/c10-8-2-1-6-5-12-4-3-7(6)9(8)11/h1-5H. The molecule has 0 saturated carbocycles. The number of hydrogen-bond acceptors (Lipinski definition) is 1. The molecule has 60 valence electrons. The van der Waals surface area contributed by atoms with Crippen LogP contribution in [0.25, 0.3) is 10.8 Å². The molecule has 0 unspecified atom stereocenters. The Morgan fingerprint density at radius 1 is 1.08 bits per heavy atom. The smallest absolute Gasteiger partial charge is 0.0671 e. The first-order chi connectivity index (χ1) is 5.79. The summed E-state index contributed by atoms with van der Waals surface area (Å²) < 4.78 is 0. The van der Waals surface area contributed by atoms with Crippen molar-refractivity contribution in [2.45, 2.75) is 0 Å². The third-order valence-electron chi connectivity index (χ3n) is 1.71. The number of benzene rings is 1. The second kappa shape index (κ2) is 2.92. The number of rotatable bonds is 0. The number of nitrogens with zero attached hydrogens (tertiary/aromatic N) is 1. The molecule has 2 rings (SSSR count). The Hall–Kier alpha value is -0.790. The van der Waals surface area contributed by atoms with Crippen molar-refractivity contribution in [1.82, 2.24) is 4.98 Å². The van der Waals surface area contributed by atoms with Crippen molar-refractivity contribution >= 4 is 34.0 Å². The Kier molecular flexibility index (Phi) is 1.91. The molecular weight excluding hydrogens is 193 g/mol. The van der Waals surface area contributed by atoms with Gasteiger partial charge < -0.3 is 0 Å². The van der Waals surface area contributed by atoms with E-state index in [9.17, 15) is 0 Å². The van der Waals surface area contributed by atoms with E-state index >= 15 is 0 Å². The summed E-state index contributed by atoms with van der Waals surface area (Å²) in [7, 11) is 0. The minimum absolute atomic E-state index is 0.579. The molecule has 3 heteroatoms. The summed E-state index contributed by atoms with van der Waals surface area (Å²) in [5.41, 5.74) is 0. The van der Waals surface area contributed by atoms with Gasteiger partial charge in [0.1, 0.15) is 0 Å². The number of aromatic nitrogens is 1. The zero-order chi connectivity index (χ0) is 8.55. The van der Waals surface area contributed by atoms with E-state index in [-0.39, 0.29) is 0 Å². The summed E-state index contributed by atoms with van der Waals surface area (Å²) in [4.78, 5) is 3.98. The number of pyridine rings is 1. The highest BCUT2D eigenvalue weighted by atomic mass is 35.5. The maximum Gasteiger partial charge on any atom is 0.0671 e. The first-order valence-corrected chi connectivity index (χ1v) is 4.22. The average molecular weight is 198 g/mol. The van der Waals surface area contributed by atoms with Crippen LogP contribution in [0.1, 0.15) is 0 Å². The maximum atomic E-state index is 5.97. The second-order valence-electron chi connectivity index (χ2n) is 2.46. The van der Waals surface area contributed by atoms with E-state index in [0.29, 0.717) is 10.0 Å². The highest BCUT2D eigenvalue weighted by Crippen LogP contribution is 2.29. The summed E-state index contributed by atoms with van der Waals surface area (Å²) in [6, 6.07) is 5.52. The lowest BCUT2D eigenvalue weighted by atomic mass is 10.2. The predicted octanol–water partition coefficient (Wildman–Crippen LogP) is 3.54. The van der Waals surface area contributed by atoms with Crippen molar-refractivity contribution in [2.75, 3.05) is 0 Å². The van der Waals surface area contributed by atoms with Crippen LogP contribution >= 0.6 is 23.2 Å². The van der Waals surface area contributed by atoms with Crippen molar-refractivity contribution in [1.29, 1.82) is 0 Å². The van der Waals surface area contributed by atoms with E-state index < -0.39 is 0 Å². The van der Waals surface area contributed by atoms with Gasteiger partial charge in [-0.05, 0) is 12.1 Å². The molecule has 1 aromatic heterocycles. The highest BCUT2D eigenvalue weighted by Gasteiger charge is 2.01. The fraction of sp³-hybridized carbons (Fsp3) is 0. The van der Waals surface area contributed by atoms with Crippen LogP contribution in [0.5, 0.6) is 0 Å². The van der Waals surface area contributed by atoms with Crippen molar-refractivity contribution < 1.29 is 0 Å². The number of fused-ring (bicyclic) bond motifs is 1. The van der Waals surface area contributed by atoms with Crippen LogP contribution in [-0.2, 0) is 0 Å². The first kappa shape index (κ1) is 7.84. The van der Waals surface area contributed by atoms with Gasteiger partial charge in [-0.1, -0.05) is 29.3 Å². The number of hydrogen-bond donors (Lipinski definition) is 0. The Morgan fingerprint density at radius 2 is 1.92 bits per heavy atom. The lowest BCUT2D eigenvalue weighted by Gasteiger charge is -2.00. The van der Waals surface area contributed by atoms with E-state index in [2.05, 4.69) is 4.98 Å². The van der Waals surface area contributed by atoms with Gasteiger partial charge in [-0.15, -0.1) is 0 Å². The van der Waals surface area contributed by atoms with E-state index in [1.807, 2.05) is 12.1 Å².